The van der Waals surface area contributed by atoms with E-state index in [9.17, 15) is 13.2 Å². The zero-order valence-corrected chi connectivity index (χ0v) is 14.1. The van der Waals surface area contributed by atoms with Crippen molar-refractivity contribution in [3.05, 3.63) is 41.4 Å². The number of rotatable bonds is 7. The Hall–Kier alpha value is -1.97. The van der Waals surface area contributed by atoms with Gasteiger partial charge < -0.3 is 5.32 Å². The lowest BCUT2D eigenvalue weighted by molar-refractivity contribution is -0.122. The summed E-state index contributed by atoms with van der Waals surface area (Å²) >= 11 is 5.79. The number of nitrogens with zero attached hydrogens (tertiary/aromatic N) is 2. The molecule has 24 heavy (non-hydrogen) atoms. The molecule has 10 heteroatoms. The van der Waals surface area contributed by atoms with Gasteiger partial charge in [-0.3, -0.25) is 9.89 Å². The normalized spacial score (nSPS) is 19.9. The molecule has 3 N–H and O–H groups in total. The Balaban J connectivity index is 1.43. The summed E-state index contributed by atoms with van der Waals surface area (Å²) in [5.74, 6) is 0.522. The van der Waals surface area contributed by atoms with E-state index >= 15 is 0 Å². The second-order valence-electron chi connectivity index (χ2n) is 5.47. The molecule has 1 aromatic heterocycles. The highest BCUT2D eigenvalue weighted by molar-refractivity contribution is 7.89. The van der Waals surface area contributed by atoms with E-state index < -0.39 is 10.0 Å². The van der Waals surface area contributed by atoms with Crippen molar-refractivity contribution in [1.82, 2.24) is 25.2 Å². The number of aromatic nitrogens is 3. The summed E-state index contributed by atoms with van der Waals surface area (Å²) in [5, 5.41) is 9.57. The van der Waals surface area contributed by atoms with Crippen molar-refractivity contribution in [1.29, 1.82) is 0 Å². The highest BCUT2D eigenvalue weighted by Gasteiger charge is 2.45. The van der Waals surface area contributed by atoms with E-state index in [1.54, 1.807) is 12.1 Å². The second-order valence-corrected chi connectivity index (χ2v) is 7.67. The highest BCUT2D eigenvalue weighted by Crippen LogP contribution is 2.45. The molecule has 0 bridgehead atoms. The quantitative estimate of drug-likeness (QED) is 0.620. The average molecular weight is 370 g/mol. The number of amides is 1. The Morgan fingerprint density at radius 1 is 1.38 bits per heavy atom. The standard InChI is InChI=1S/C14H16ClN5O3S/c15-9-2-1-3-10(6-9)24(22,23)19-5-4-16-14(21)12-7-11(12)13-17-8-18-20-13/h1-3,6,8,11-12,19H,4-5,7H2,(H,16,21)(H,17,18,20). The lowest BCUT2D eigenvalue weighted by Crippen LogP contribution is -2.35. The van der Waals surface area contributed by atoms with Crippen LogP contribution >= 0.6 is 11.6 Å². The molecule has 0 radical (unpaired) electrons. The first-order valence-corrected chi connectivity index (χ1v) is 9.22. The number of benzene rings is 1. The lowest BCUT2D eigenvalue weighted by atomic mass is 10.3. The van der Waals surface area contributed by atoms with Gasteiger partial charge in [0, 0.05) is 29.9 Å². The van der Waals surface area contributed by atoms with E-state index in [1.807, 2.05) is 0 Å². The number of hydrogen-bond donors (Lipinski definition) is 3. The van der Waals surface area contributed by atoms with E-state index in [0.717, 1.165) is 6.42 Å². The molecule has 2 aromatic rings. The summed E-state index contributed by atoms with van der Waals surface area (Å²) in [4.78, 5) is 16.1. The van der Waals surface area contributed by atoms with E-state index in [-0.39, 0.29) is 35.7 Å². The predicted octanol–water partition coefficient (Wildman–Crippen LogP) is 0.656. The molecule has 1 heterocycles. The lowest BCUT2D eigenvalue weighted by Gasteiger charge is -2.08. The van der Waals surface area contributed by atoms with Gasteiger partial charge in [0.25, 0.3) is 0 Å². The van der Waals surface area contributed by atoms with Gasteiger partial charge in [-0.15, -0.1) is 0 Å². The molecule has 1 saturated carbocycles. The van der Waals surface area contributed by atoms with E-state index in [1.165, 1.54) is 18.5 Å². The van der Waals surface area contributed by atoms with Crippen LogP contribution in [0.15, 0.2) is 35.5 Å². The highest BCUT2D eigenvalue weighted by atomic mass is 35.5. The SMILES string of the molecule is O=C(NCCNS(=O)(=O)c1cccc(Cl)c1)C1CC1c1ncn[nH]1. The second kappa shape index (κ2) is 6.88. The third kappa shape index (κ3) is 3.92. The Kier molecular flexibility index (Phi) is 4.83. The van der Waals surface area contributed by atoms with Crippen molar-refractivity contribution in [3.63, 3.8) is 0 Å². The summed E-state index contributed by atoms with van der Waals surface area (Å²) in [5.41, 5.74) is 0. The van der Waals surface area contributed by atoms with Gasteiger partial charge in [0.1, 0.15) is 12.2 Å². The van der Waals surface area contributed by atoms with Crippen LogP contribution in [0.1, 0.15) is 18.2 Å². The third-order valence-corrected chi connectivity index (χ3v) is 5.43. The number of nitrogens with one attached hydrogen (secondary N) is 3. The molecule has 1 fully saturated rings. The first-order valence-electron chi connectivity index (χ1n) is 7.35. The summed E-state index contributed by atoms with van der Waals surface area (Å²) in [6.45, 7) is 0.304. The van der Waals surface area contributed by atoms with Gasteiger partial charge in [-0.25, -0.2) is 18.1 Å². The minimum atomic E-state index is -3.64. The van der Waals surface area contributed by atoms with Crippen LogP contribution in [0, 0.1) is 5.92 Å². The summed E-state index contributed by atoms with van der Waals surface area (Å²) in [7, 11) is -3.64. The molecule has 1 aromatic carbocycles. The van der Waals surface area contributed by atoms with Gasteiger partial charge in [0.05, 0.1) is 4.90 Å². The first kappa shape index (κ1) is 16.9. The van der Waals surface area contributed by atoms with Gasteiger partial charge >= 0.3 is 0 Å². The molecule has 2 unspecified atom stereocenters. The van der Waals surface area contributed by atoms with E-state index in [4.69, 9.17) is 11.6 Å². The van der Waals surface area contributed by atoms with Crippen LogP contribution < -0.4 is 10.0 Å². The number of H-pyrrole nitrogens is 1. The van der Waals surface area contributed by atoms with Crippen LogP contribution in [0.4, 0.5) is 0 Å². The zero-order valence-electron chi connectivity index (χ0n) is 12.6. The third-order valence-electron chi connectivity index (χ3n) is 3.73. The van der Waals surface area contributed by atoms with Crippen molar-refractivity contribution < 1.29 is 13.2 Å². The molecule has 8 nitrogen and oxygen atoms in total. The fourth-order valence-corrected chi connectivity index (χ4v) is 3.73. The fraction of sp³-hybridized carbons (Fsp3) is 0.357. The Morgan fingerprint density at radius 2 is 2.21 bits per heavy atom. The number of sulfonamides is 1. The Bertz CT molecular complexity index is 825. The minimum absolute atomic E-state index is 0.0654. The van der Waals surface area contributed by atoms with Crippen molar-refractivity contribution >= 4 is 27.5 Å². The number of halogens is 1. The van der Waals surface area contributed by atoms with Gasteiger partial charge in [0.15, 0.2) is 0 Å². The zero-order chi connectivity index (χ0) is 17.2. The van der Waals surface area contributed by atoms with E-state index in [0.29, 0.717) is 10.8 Å². The van der Waals surface area contributed by atoms with Crippen LogP contribution in [0.5, 0.6) is 0 Å². The van der Waals surface area contributed by atoms with Crippen LogP contribution in [-0.4, -0.2) is 42.6 Å². The van der Waals surface area contributed by atoms with Gasteiger partial charge in [-0.1, -0.05) is 17.7 Å². The molecule has 2 atom stereocenters. The average Bonchev–Trinajstić information content (AvgIpc) is 3.17. The minimum Gasteiger partial charge on any atom is -0.355 e. The fourth-order valence-electron chi connectivity index (χ4n) is 2.40. The Morgan fingerprint density at radius 3 is 2.92 bits per heavy atom. The van der Waals surface area contributed by atoms with Crippen molar-refractivity contribution in [2.75, 3.05) is 13.1 Å². The number of carbonyl (C=O) groups is 1. The van der Waals surface area contributed by atoms with Crippen LogP contribution in [0.3, 0.4) is 0 Å². The van der Waals surface area contributed by atoms with Gasteiger partial charge in [0.2, 0.25) is 15.9 Å². The van der Waals surface area contributed by atoms with Crippen molar-refractivity contribution in [2.45, 2.75) is 17.2 Å². The van der Waals surface area contributed by atoms with E-state index in [2.05, 4.69) is 25.2 Å². The molecule has 0 saturated heterocycles. The number of hydrogen-bond acceptors (Lipinski definition) is 5. The summed E-state index contributed by atoms with van der Waals surface area (Å²) < 4.78 is 26.6. The molecule has 0 spiro atoms. The first-order chi connectivity index (χ1) is 11.5. The largest absolute Gasteiger partial charge is 0.355 e. The number of aromatic amines is 1. The molecule has 3 rings (SSSR count). The van der Waals surface area contributed by atoms with Crippen LogP contribution in [-0.2, 0) is 14.8 Å². The summed E-state index contributed by atoms with van der Waals surface area (Å²) in [6.07, 6.45) is 2.13. The smallest absolute Gasteiger partial charge is 0.240 e. The maximum atomic E-state index is 12.1. The molecule has 1 amide bonds. The number of carbonyl (C=O) groups excluding carboxylic acids is 1. The monoisotopic (exact) mass is 369 g/mol. The molecule has 128 valence electrons. The van der Waals surface area contributed by atoms with Crippen LogP contribution in [0.25, 0.3) is 0 Å². The maximum absolute atomic E-state index is 12.1. The van der Waals surface area contributed by atoms with Crippen LogP contribution in [0.2, 0.25) is 5.02 Å². The molecular formula is C14H16ClN5O3S. The van der Waals surface area contributed by atoms with Crippen molar-refractivity contribution in [3.8, 4) is 0 Å². The van der Waals surface area contributed by atoms with Crippen molar-refractivity contribution in [2.24, 2.45) is 5.92 Å². The topological polar surface area (TPSA) is 117 Å². The van der Waals surface area contributed by atoms with Gasteiger partial charge in [-0.2, -0.15) is 5.10 Å². The molecule has 0 aliphatic heterocycles. The molecule has 1 aliphatic rings. The molecular weight excluding hydrogens is 354 g/mol. The van der Waals surface area contributed by atoms with Gasteiger partial charge in [-0.05, 0) is 24.6 Å². The predicted molar refractivity (Wildman–Crippen MR) is 86.9 cm³/mol. The maximum Gasteiger partial charge on any atom is 0.240 e. The summed E-state index contributed by atoms with van der Waals surface area (Å²) in [6, 6.07) is 5.99. The molecule has 1 aliphatic carbocycles. The Labute approximate surface area is 144 Å².